The van der Waals surface area contributed by atoms with Crippen LogP contribution in [0.25, 0.3) is 16.6 Å². The molecule has 0 atom stereocenters. The van der Waals surface area contributed by atoms with E-state index < -0.39 is 0 Å². The summed E-state index contributed by atoms with van der Waals surface area (Å²) >= 11 is 0. The van der Waals surface area contributed by atoms with Crippen LogP contribution < -0.4 is 5.56 Å². The Hall–Kier alpha value is -3.65. The molecule has 0 unspecified atom stereocenters. The van der Waals surface area contributed by atoms with Gasteiger partial charge in [0.15, 0.2) is 0 Å². The Kier molecular flexibility index (Phi) is 4.08. The van der Waals surface area contributed by atoms with Gasteiger partial charge < -0.3 is 0 Å². The first kappa shape index (κ1) is 15.9. The third-order valence-electron chi connectivity index (χ3n) is 4.14. The third-order valence-corrected chi connectivity index (χ3v) is 4.14. The molecule has 0 aliphatic carbocycles. The smallest absolute Gasteiger partial charge is 0.267 e. The Bertz CT molecular complexity index is 1180. The maximum atomic E-state index is 13.3. The van der Waals surface area contributed by atoms with Crippen LogP contribution >= 0.6 is 0 Å². The molecule has 0 fully saturated rings. The molecule has 2 aromatic heterocycles. The van der Waals surface area contributed by atoms with Gasteiger partial charge in [0.05, 0.1) is 28.4 Å². The lowest BCUT2D eigenvalue weighted by Crippen LogP contribution is -2.24. The number of aryl methyl sites for hydroxylation is 1. The lowest BCUT2D eigenvalue weighted by atomic mass is 10.1. The SMILES string of the molecule is CCc1nc2cccc(C#Cc3cn[nH]c3)c2c(=O)n1-c1ccccc1. The highest BCUT2D eigenvalue weighted by atomic mass is 16.1. The highest BCUT2D eigenvalue weighted by Crippen LogP contribution is 2.16. The largest absolute Gasteiger partial charge is 0.284 e. The van der Waals surface area contributed by atoms with Crippen molar-refractivity contribution < 1.29 is 0 Å². The van der Waals surface area contributed by atoms with Crippen molar-refractivity contribution in [1.82, 2.24) is 19.7 Å². The zero-order chi connectivity index (χ0) is 17.9. The van der Waals surface area contributed by atoms with Gasteiger partial charge in [0.25, 0.3) is 5.56 Å². The fourth-order valence-corrected chi connectivity index (χ4v) is 2.92. The van der Waals surface area contributed by atoms with E-state index in [2.05, 4.69) is 22.0 Å². The van der Waals surface area contributed by atoms with Crippen LogP contribution in [-0.4, -0.2) is 19.7 Å². The zero-order valence-corrected chi connectivity index (χ0v) is 14.2. The molecule has 126 valence electrons. The highest BCUT2D eigenvalue weighted by Gasteiger charge is 2.13. The van der Waals surface area contributed by atoms with E-state index in [0.29, 0.717) is 22.9 Å². The van der Waals surface area contributed by atoms with Gasteiger partial charge in [0, 0.05) is 18.2 Å². The predicted octanol–water partition coefficient (Wildman–Crippen LogP) is 3.07. The fourth-order valence-electron chi connectivity index (χ4n) is 2.92. The summed E-state index contributed by atoms with van der Waals surface area (Å²) in [6.45, 7) is 2.00. The van der Waals surface area contributed by atoms with Gasteiger partial charge >= 0.3 is 0 Å². The van der Waals surface area contributed by atoms with Crippen LogP contribution in [0.15, 0.2) is 65.7 Å². The fraction of sp³-hybridized carbons (Fsp3) is 0.0952. The number of aromatic nitrogens is 4. The highest BCUT2D eigenvalue weighted by molar-refractivity contribution is 5.84. The predicted molar refractivity (Wildman–Crippen MR) is 101 cm³/mol. The molecule has 0 spiro atoms. The van der Waals surface area contributed by atoms with E-state index in [1.165, 1.54) is 0 Å². The quantitative estimate of drug-likeness (QED) is 0.571. The van der Waals surface area contributed by atoms with Gasteiger partial charge in [0.1, 0.15) is 5.82 Å². The van der Waals surface area contributed by atoms with Gasteiger partial charge in [0.2, 0.25) is 0 Å². The molecule has 5 nitrogen and oxygen atoms in total. The molecule has 26 heavy (non-hydrogen) atoms. The van der Waals surface area contributed by atoms with Crippen molar-refractivity contribution in [2.24, 2.45) is 0 Å². The average Bonchev–Trinajstić information content (AvgIpc) is 3.20. The van der Waals surface area contributed by atoms with Crippen molar-refractivity contribution in [3.8, 4) is 17.5 Å². The number of nitrogens with zero attached hydrogens (tertiary/aromatic N) is 3. The molecule has 0 bridgehead atoms. The maximum absolute atomic E-state index is 13.3. The summed E-state index contributed by atoms with van der Waals surface area (Å²) in [7, 11) is 0. The normalized spacial score (nSPS) is 10.5. The molecule has 5 heteroatoms. The Morgan fingerprint density at radius 2 is 1.92 bits per heavy atom. The second-order valence-electron chi connectivity index (χ2n) is 5.79. The Morgan fingerprint density at radius 1 is 1.08 bits per heavy atom. The molecule has 0 aliphatic rings. The van der Waals surface area contributed by atoms with E-state index in [1.807, 2.05) is 55.5 Å². The summed E-state index contributed by atoms with van der Waals surface area (Å²) in [6.07, 6.45) is 4.02. The number of benzene rings is 2. The third kappa shape index (κ3) is 2.78. The number of H-pyrrole nitrogens is 1. The zero-order valence-electron chi connectivity index (χ0n) is 14.2. The number of para-hydroxylation sites is 1. The molecule has 2 aromatic carbocycles. The molecular formula is C21H16N4O. The molecule has 4 aromatic rings. The van der Waals surface area contributed by atoms with Crippen molar-refractivity contribution in [3.05, 3.63) is 88.2 Å². The average molecular weight is 340 g/mol. The van der Waals surface area contributed by atoms with Gasteiger partial charge in [-0.2, -0.15) is 5.10 Å². The van der Waals surface area contributed by atoms with E-state index in [-0.39, 0.29) is 5.56 Å². The molecule has 0 radical (unpaired) electrons. The summed E-state index contributed by atoms with van der Waals surface area (Å²) in [4.78, 5) is 18.0. The first-order valence-corrected chi connectivity index (χ1v) is 8.39. The lowest BCUT2D eigenvalue weighted by molar-refractivity contribution is 0.833. The van der Waals surface area contributed by atoms with Crippen LogP contribution in [0.2, 0.25) is 0 Å². The van der Waals surface area contributed by atoms with Crippen LogP contribution in [0.5, 0.6) is 0 Å². The van der Waals surface area contributed by atoms with Crippen molar-refractivity contribution in [2.45, 2.75) is 13.3 Å². The van der Waals surface area contributed by atoms with Crippen LogP contribution in [0, 0.1) is 11.8 Å². The van der Waals surface area contributed by atoms with E-state index >= 15 is 0 Å². The van der Waals surface area contributed by atoms with Crippen LogP contribution in [-0.2, 0) is 6.42 Å². The van der Waals surface area contributed by atoms with Crippen LogP contribution in [0.3, 0.4) is 0 Å². The number of fused-ring (bicyclic) bond motifs is 1. The topological polar surface area (TPSA) is 63.6 Å². The number of hydrogen-bond donors (Lipinski definition) is 1. The molecule has 1 N–H and O–H groups in total. The number of nitrogens with one attached hydrogen (secondary N) is 1. The van der Waals surface area contributed by atoms with Gasteiger partial charge in [-0.05, 0) is 24.3 Å². The monoisotopic (exact) mass is 340 g/mol. The Balaban J connectivity index is 2.00. The molecule has 2 heterocycles. The maximum Gasteiger partial charge on any atom is 0.267 e. The van der Waals surface area contributed by atoms with Gasteiger partial charge in [-0.15, -0.1) is 0 Å². The first-order chi connectivity index (χ1) is 12.8. The molecule has 4 rings (SSSR count). The van der Waals surface area contributed by atoms with E-state index in [9.17, 15) is 4.79 Å². The minimum absolute atomic E-state index is 0.102. The van der Waals surface area contributed by atoms with Crippen molar-refractivity contribution >= 4 is 10.9 Å². The second-order valence-corrected chi connectivity index (χ2v) is 5.79. The second kappa shape index (κ2) is 6.69. The van der Waals surface area contributed by atoms with Gasteiger partial charge in [-0.25, -0.2) is 4.98 Å². The Morgan fingerprint density at radius 3 is 2.65 bits per heavy atom. The van der Waals surface area contributed by atoms with Gasteiger partial charge in [-0.1, -0.05) is 43.0 Å². The van der Waals surface area contributed by atoms with Crippen molar-refractivity contribution in [2.75, 3.05) is 0 Å². The summed E-state index contributed by atoms with van der Waals surface area (Å²) in [5.41, 5.74) is 2.80. The van der Waals surface area contributed by atoms with Crippen LogP contribution in [0.4, 0.5) is 0 Å². The molecule has 0 aliphatic heterocycles. The lowest BCUT2D eigenvalue weighted by Gasteiger charge is -2.13. The molecule has 0 saturated heterocycles. The van der Waals surface area contributed by atoms with E-state index in [4.69, 9.17) is 4.98 Å². The number of rotatable bonds is 2. The summed E-state index contributed by atoms with van der Waals surface area (Å²) in [5.74, 6) is 6.84. The standard InChI is InChI=1S/C21H16N4O/c1-2-19-24-18-10-6-7-16(12-11-15-13-22-23-14-15)20(18)21(26)25(19)17-8-4-3-5-9-17/h3-10,13-14H,2H2,1H3,(H,22,23). The van der Waals surface area contributed by atoms with Crippen LogP contribution in [0.1, 0.15) is 23.9 Å². The Labute approximate surface area is 150 Å². The summed E-state index contributed by atoms with van der Waals surface area (Å²) in [5, 5.41) is 7.15. The van der Waals surface area contributed by atoms with Gasteiger partial charge in [-0.3, -0.25) is 14.5 Å². The van der Waals surface area contributed by atoms with Crippen molar-refractivity contribution in [1.29, 1.82) is 0 Å². The van der Waals surface area contributed by atoms with E-state index in [1.54, 1.807) is 17.0 Å². The minimum atomic E-state index is -0.102. The minimum Gasteiger partial charge on any atom is -0.284 e. The molecule has 0 amide bonds. The number of aromatic amines is 1. The van der Waals surface area contributed by atoms with Crippen molar-refractivity contribution in [3.63, 3.8) is 0 Å². The summed E-state index contributed by atoms with van der Waals surface area (Å²) in [6, 6.07) is 15.2. The van der Waals surface area contributed by atoms with E-state index in [0.717, 1.165) is 17.1 Å². The molecular weight excluding hydrogens is 324 g/mol. The molecule has 0 saturated carbocycles. The first-order valence-electron chi connectivity index (χ1n) is 8.39. The number of hydrogen-bond acceptors (Lipinski definition) is 3. The summed E-state index contributed by atoms with van der Waals surface area (Å²) < 4.78 is 1.67.